The first-order valence-electron chi connectivity index (χ1n) is 3.70. The minimum atomic E-state index is -0.390. The molecule has 0 saturated carbocycles. The van der Waals surface area contributed by atoms with Crippen molar-refractivity contribution >= 4 is 5.97 Å². The zero-order valence-electron chi connectivity index (χ0n) is 6.70. The molecule has 0 aromatic rings. The molecule has 1 fully saturated rings. The van der Waals surface area contributed by atoms with E-state index in [1.54, 1.807) is 0 Å². The van der Waals surface area contributed by atoms with Crippen LogP contribution >= 0.6 is 0 Å². The van der Waals surface area contributed by atoms with E-state index in [4.69, 9.17) is 9.84 Å². The predicted molar refractivity (Wildman–Crippen MR) is 40.0 cm³/mol. The lowest BCUT2D eigenvalue weighted by atomic mass is 9.93. The Morgan fingerprint density at radius 1 is 1.64 bits per heavy atom. The highest BCUT2D eigenvalue weighted by Gasteiger charge is 2.28. The van der Waals surface area contributed by atoms with Gasteiger partial charge in [0.2, 0.25) is 0 Å². The van der Waals surface area contributed by atoms with E-state index in [9.17, 15) is 4.79 Å². The number of hydrogen-bond acceptors (Lipinski definition) is 3. The number of ether oxygens (including phenoxy) is 1. The summed E-state index contributed by atoms with van der Waals surface area (Å²) in [7, 11) is 0. The molecule has 0 aliphatic carbocycles. The minimum Gasteiger partial charge on any atom is -0.515 e. The number of aliphatic hydroxyl groups excluding tert-OH is 1. The Kier molecular flexibility index (Phi) is 2.17. The molecule has 11 heavy (non-hydrogen) atoms. The standard InChI is InChI=1S/C8H12O3/c1-5-3-6(2)11-8(10)7(5)4-9/h4-6,9H,3H2,1-2H3. The van der Waals surface area contributed by atoms with Gasteiger partial charge < -0.3 is 9.84 Å². The number of hydrogen-bond donors (Lipinski definition) is 1. The first-order valence-corrected chi connectivity index (χ1v) is 3.70. The molecule has 0 amide bonds. The first-order chi connectivity index (χ1) is 5.15. The van der Waals surface area contributed by atoms with Crippen LogP contribution in [0.25, 0.3) is 0 Å². The van der Waals surface area contributed by atoms with Crippen LogP contribution in [0, 0.1) is 5.92 Å². The van der Waals surface area contributed by atoms with Gasteiger partial charge in [-0.05, 0) is 19.3 Å². The van der Waals surface area contributed by atoms with Crippen molar-refractivity contribution in [2.24, 2.45) is 5.92 Å². The monoisotopic (exact) mass is 156 g/mol. The largest absolute Gasteiger partial charge is 0.515 e. The number of rotatable bonds is 0. The van der Waals surface area contributed by atoms with Gasteiger partial charge in [0.05, 0.1) is 17.9 Å². The summed E-state index contributed by atoms with van der Waals surface area (Å²) < 4.78 is 4.89. The Labute approximate surface area is 65.7 Å². The average molecular weight is 156 g/mol. The minimum absolute atomic E-state index is 0.0267. The van der Waals surface area contributed by atoms with Crippen LogP contribution in [-0.2, 0) is 9.53 Å². The number of cyclic esters (lactones) is 1. The molecule has 0 radical (unpaired) electrons. The van der Waals surface area contributed by atoms with E-state index < -0.39 is 5.97 Å². The predicted octanol–water partition coefficient (Wildman–Crippen LogP) is 1.40. The molecule has 1 rings (SSSR count). The molecule has 3 nitrogen and oxygen atoms in total. The van der Waals surface area contributed by atoms with Crippen molar-refractivity contribution in [1.82, 2.24) is 0 Å². The maximum atomic E-state index is 11.0. The highest BCUT2D eigenvalue weighted by atomic mass is 16.5. The maximum absolute atomic E-state index is 11.0. The first kappa shape index (κ1) is 8.11. The molecule has 0 spiro atoms. The van der Waals surface area contributed by atoms with Crippen LogP contribution in [0.3, 0.4) is 0 Å². The molecule has 62 valence electrons. The summed E-state index contributed by atoms with van der Waals surface area (Å²) in [6, 6.07) is 0. The second kappa shape index (κ2) is 2.95. The lowest BCUT2D eigenvalue weighted by molar-refractivity contribution is -0.148. The highest BCUT2D eigenvalue weighted by Crippen LogP contribution is 2.24. The summed E-state index contributed by atoms with van der Waals surface area (Å²) in [6.07, 6.45) is 1.61. The van der Waals surface area contributed by atoms with Crippen molar-refractivity contribution < 1.29 is 14.6 Å². The van der Waals surface area contributed by atoms with Crippen LogP contribution in [0.4, 0.5) is 0 Å². The van der Waals surface area contributed by atoms with E-state index in [0.29, 0.717) is 5.57 Å². The van der Waals surface area contributed by atoms with Crippen molar-refractivity contribution in [2.75, 3.05) is 0 Å². The van der Waals surface area contributed by atoms with E-state index in [-0.39, 0.29) is 12.0 Å². The SMILES string of the molecule is CC1CC(C)C(=CO)C(=O)O1. The molecule has 0 bridgehead atoms. The van der Waals surface area contributed by atoms with Gasteiger partial charge in [-0.15, -0.1) is 0 Å². The van der Waals surface area contributed by atoms with Crippen LogP contribution in [0.1, 0.15) is 20.3 Å². The molecule has 1 saturated heterocycles. The lowest BCUT2D eigenvalue weighted by Crippen LogP contribution is -2.28. The van der Waals surface area contributed by atoms with Gasteiger partial charge in [0.1, 0.15) is 0 Å². The summed E-state index contributed by atoms with van der Waals surface area (Å²) in [5.74, 6) is -0.282. The van der Waals surface area contributed by atoms with Crippen LogP contribution in [-0.4, -0.2) is 17.2 Å². The molecular formula is C8H12O3. The van der Waals surface area contributed by atoms with E-state index in [1.165, 1.54) is 0 Å². The third-order valence-electron chi connectivity index (χ3n) is 1.90. The summed E-state index contributed by atoms with van der Waals surface area (Å²) in [5.41, 5.74) is 0.378. The number of carbonyl (C=O) groups is 1. The Balaban J connectivity index is 2.75. The fraction of sp³-hybridized carbons (Fsp3) is 0.625. The molecule has 2 unspecified atom stereocenters. The van der Waals surface area contributed by atoms with Gasteiger partial charge in [0.15, 0.2) is 0 Å². The molecule has 1 aliphatic rings. The van der Waals surface area contributed by atoms with E-state index >= 15 is 0 Å². The van der Waals surface area contributed by atoms with Crippen LogP contribution in [0.5, 0.6) is 0 Å². The molecule has 1 aliphatic heterocycles. The van der Waals surface area contributed by atoms with Crippen molar-refractivity contribution in [3.63, 3.8) is 0 Å². The van der Waals surface area contributed by atoms with E-state index in [2.05, 4.69) is 0 Å². The highest BCUT2D eigenvalue weighted by molar-refractivity contribution is 5.89. The molecular weight excluding hydrogens is 144 g/mol. The van der Waals surface area contributed by atoms with Gasteiger partial charge in [0, 0.05) is 0 Å². The molecule has 2 atom stereocenters. The van der Waals surface area contributed by atoms with E-state index in [0.717, 1.165) is 12.7 Å². The van der Waals surface area contributed by atoms with Gasteiger partial charge in [-0.25, -0.2) is 4.79 Å². The summed E-state index contributed by atoms with van der Waals surface area (Å²) in [5, 5.41) is 8.66. The second-order valence-electron chi connectivity index (χ2n) is 2.94. The smallest absolute Gasteiger partial charge is 0.337 e. The molecule has 0 aromatic carbocycles. The summed E-state index contributed by atoms with van der Waals surface area (Å²) in [6.45, 7) is 3.75. The Morgan fingerprint density at radius 2 is 2.27 bits per heavy atom. The van der Waals surface area contributed by atoms with E-state index in [1.807, 2.05) is 13.8 Å². The van der Waals surface area contributed by atoms with Gasteiger partial charge >= 0.3 is 5.97 Å². The Bertz CT molecular complexity index is 196. The Hall–Kier alpha value is -0.990. The van der Waals surface area contributed by atoms with Gasteiger partial charge in [0.25, 0.3) is 0 Å². The molecule has 1 N–H and O–H groups in total. The normalized spacial score (nSPS) is 35.5. The van der Waals surface area contributed by atoms with Crippen LogP contribution in [0.15, 0.2) is 11.8 Å². The van der Waals surface area contributed by atoms with Crippen LogP contribution in [0.2, 0.25) is 0 Å². The fourth-order valence-corrected chi connectivity index (χ4v) is 1.30. The number of aliphatic hydroxyl groups is 1. The third kappa shape index (κ3) is 1.53. The third-order valence-corrected chi connectivity index (χ3v) is 1.90. The maximum Gasteiger partial charge on any atom is 0.337 e. The summed E-state index contributed by atoms with van der Waals surface area (Å²) >= 11 is 0. The lowest BCUT2D eigenvalue weighted by Gasteiger charge is -2.25. The van der Waals surface area contributed by atoms with Crippen molar-refractivity contribution in [3.8, 4) is 0 Å². The molecule has 0 aromatic heterocycles. The van der Waals surface area contributed by atoms with Crippen molar-refractivity contribution in [2.45, 2.75) is 26.4 Å². The zero-order valence-corrected chi connectivity index (χ0v) is 6.70. The zero-order chi connectivity index (χ0) is 8.43. The van der Waals surface area contributed by atoms with Crippen molar-refractivity contribution in [1.29, 1.82) is 0 Å². The summed E-state index contributed by atoms with van der Waals surface area (Å²) in [4.78, 5) is 11.0. The molecule has 3 heteroatoms. The van der Waals surface area contributed by atoms with Crippen molar-refractivity contribution in [3.05, 3.63) is 11.8 Å². The number of carbonyl (C=O) groups excluding carboxylic acids is 1. The topological polar surface area (TPSA) is 46.5 Å². The van der Waals surface area contributed by atoms with Gasteiger partial charge in [-0.3, -0.25) is 0 Å². The fourth-order valence-electron chi connectivity index (χ4n) is 1.30. The molecule has 1 heterocycles. The quantitative estimate of drug-likeness (QED) is 0.327. The number of esters is 1. The Morgan fingerprint density at radius 3 is 2.73 bits per heavy atom. The van der Waals surface area contributed by atoms with Gasteiger partial charge in [-0.2, -0.15) is 0 Å². The van der Waals surface area contributed by atoms with Crippen LogP contribution < -0.4 is 0 Å². The average Bonchev–Trinajstić information content (AvgIpc) is 1.85. The second-order valence-corrected chi connectivity index (χ2v) is 2.94. The van der Waals surface area contributed by atoms with Gasteiger partial charge in [-0.1, -0.05) is 6.92 Å².